The number of fused-ring (bicyclic) bond motifs is 1. The molecule has 0 aliphatic rings. The first-order valence-corrected chi connectivity index (χ1v) is 7.32. The fourth-order valence-electron chi connectivity index (χ4n) is 1.79. The Morgan fingerprint density at radius 1 is 1.41 bits per heavy atom. The molecule has 0 aliphatic heterocycles. The van der Waals surface area contributed by atoms with E-state index in [9.17, 15) is 4.79 Å². The monoisotopic (exact) mass is 319 g/mol. The molecule has 10 nitrogen and oxygen atoms in total. The predicted molar refractivity (Wildman–Crippen MR) is 80.9 cm³/mol. The molecule has 3 aromatic heterocycles. The number of rotatable bonds is 5. The normalized spacial score (nSPS) is 10.6. The van der Waals surface area contributed by atoms with Gasteiger partial charge in [-0.25, -0.2) is 9.78 Å². The fraction of sp³-hybridized carbons (Fsp3) is 0.273. The molecule has 0 fully saturated rings. The van der Waals surface area contributed by atoms with E-state index < -0.39 is 0 Å². The van der Waals surface area contributed by atoms with Gasteiger partial charge in [0, 0.05) is 24.8 Å². The van der Waals surface area contributed by atoms with Crippen LogP contribution in [0.1, 0.15) is 5.69 Å². The molecule has 0 spiro atoms. The van der Waals surface area contributed by atoms with Gasteiger partial charge in [-0.1, -0.05) is 11.3 Å². The van der Waals surface area contributed by atoms with Gasteiger partial charge in [0.15, 0.2) is 0 Å². The zero-order valence-electron chi connectivity index (χ0n) is 11.6. The average Bonchev–Trinajstić information content (AvgIpc) is 3.14. The summed E-state index contributed by atoms with van der Waals surface area (Å²) in [4.78, 5) is 19.9. The quantitative estimate of drug-likeness (QED) is 0.586. The number of urea groups is 1. The third kappa shape index (κ3) is 3.25. The molecule has 0 radical (unpaired) electrons. The van der Waals surface area contributed by atoms with E-state index in [1.807, 2.05) is 13.0 Å². The molecule has 3 rings (SSSR count). The Kier molecular flexibility index (Phi) is 4.05. The molecule has 11 heteroatoms. The van der Waals surface area contributed by atoms with Gasteiger partial charge >= 0.3 is 6.03 Å². The molecule has 3 heterocycles. The number of anilines is 2. The summed E-state index contributed by atoms with van der Waals surface area (Å²) in [5.74, 6) is 1.30. The highest BCUT2D eigenvalue weighted by molar-refractivity contribution is 7.13. The Balaban J connectivity index is 1.50. The third-order valence-corrected chi connectivity index (χ3v) is 3.28. The number of amides is 2. The molecule has 0 saturated carbocycles. The van der Waals surface area contributed by atoms with Crippen molar-refractivity contribution in [2.75, 3.05) is 23.7 Å². The van der Waals surface area contributed by atoms with Crippen molar-refractivity contribution < 1.29 is 4.79 Å². The number of nitrogens with zero attached hydrogens (tertiary/aromatic N) is 6. The SMILES string of the molecule is Cc1cc(NCCNC(=O)Nc2nncs2)n2ncnc2n1. The predicted octanol–water partition coefficient (Wildman–Crippen LogP) is 0.518. The lowest BCUT2D eigenvalue weighted by Crippen LogP contribution is -2.32. The van der Waals surface area contributed by atoms with Crippen molar-refractivity contribution in [1.82, 2.24) is 35.1 Å². The maximum absolute atomic E-state index is 11.6. The Morgan fingerprint density at radius 3 is 3.14 bits per heavy atom. The summed E-state index contributed by atoms with van der Waals surface area (Å²) in [6.07, 6.45) is 1.45. The third-order valence-electron chi connectivity index (χ3n) is 2.68. The van der Waals surface area contributed by atoms with Crippen LogP contribution in [0.25, 0.3) is 5.78 Å². The number of aryl methyl sites for hydroxylation is 1. The van der Waals surface area contributed by atoms with Crippen LogP contribution >= 0.6 is 11.3 Å². The number of aromatic nitrogens is 6. The molecular weight excluding hydrogens is 306 g/mol. The maximum Gasteiger partial charge on any atom is 0.321 e. The lowest BCUT2D eigenvalue weighted by atomic mass is 10.4. The van der Waals surface area contributed by atoms with Gasteiger partial charge in [-0.05, 0) is 6.92 Å². The highest BCUT2D eigenvalue weighted by Crippen LogP contribution is 2.09. The molecule has 22 heavy (non-hydrogen) atoms. The van der Waals surface area contributed by atoms with Crippen LogP contribution in [-0.4, -0.2) is 48.9 Å². The Bertz CT molecular complexity index is 769. The van der Waals surface area contributed by atoms with Gasteiger partial charge in [-0.2, -0.15) is 14.6 Å². The van der Waals surface area contributed by atoms with E-state index in [4.69, 9.17) is 0 Å². The number of carbonyl (C=O) groups excluding carboxylic acids is 1. The Hall–Kier alpha value is -2.82. The minimum Gasteiger partial charge on any atom is -0.368 e. The standard InChI is InChI=1S/C11H13N9OS/c1-7-4-8(20-9(17-7)14-5-16-20)12-2-3-13-10(21)18-11-19-15-6-22-11/h4-6,12H,2-3H2,1H3,(H2,13,18,19,21). The summed E-state index contributed by atoms with van der Waals surface area (Å²) < 4.78 is 1.61. The van der Waals surface area contributed by atoms with Crippen molar-refractivity contribution in [2.24, 2.45) is 0 Å². The molecule has 0 aliphatic carbocycles. The van der Waals surface area contributed by atoms with E-state index in [1.54, 1.807) is 10.0 Å². The highest BCUT2D eigenvalue weighted by Gasteiger charge is 2.06. The van der Waals surface area contributed by atoms with Crippen LogP contribution in [0.4, 0.5) is 15.7 Å². The van der Waals surface area contributed by atoms with Gasteiger partial charge in [0.1, 0.15) is 17.7 Å². The van der Waals surface area contributed by atoms with Crippen LogP contribution in [0.3, 0.4) is 0 Å². The first kappa shape index (κ1) is 14.1. The molecule has 2 amide bonds. The van der Waals surface area contributed by atoms with E-state index in [2.05, 4.69) is 41.2 Å². The second-order valence-electron chi connectivity index (χ2n) is 4.31. The highest BCUT2D eigenvalue weighted by atomic mass is 32.1. The molecule has 0 aromatic carbocycles. The van der Waals surface area contributed by atoms with Crippen LogP contribution < -0.4 is 16.0 Å². The van der Waals surface area contributed by atoms with Crippen molar-refractivity contribution in [1.29, 1.82) is 0 Å². The largest absolute Gasteiger partial charge is 0.368 e. The lowest BCUT2D eigenvalue weighted by Gasteiger charge is -2.09. The lowest BCUT2D eigenvalue weighted by molar-refractivity contribution is 0.252. The summed E-state index contributed by atoms with van der Waals surface area (Å²) in [7, 11) is 0. The number of hydrogen-bond acceptors (Lipinski definition) is 8. The van der Waals surface area contributed by atoms with Gasteiger partial charge in [-0.15, -0.1) is 10.2 Å². The van der Waals surface area contributed by atoms with Crippen LogP contribution in [0.2, 0.25) is 0 Å². The van der Waals surface area contributed by atoms with Gasteiger partial charge in [0.2, 0.25) is 5.13 Å². The zero-order chi connectivity index (χ0) is 15.4. The molecule has 0 bridgehead atoms. The minimum absolute atomic E-state index is 0.324. The fourth-order valence-corrected chi connectivity index (χ4v) is 2.23. The molecule has 0 unspecified atom stereocenters. The van der Waals surface area contributed by atoms with Crippen molar-refractivity contribution in [3.05, 3.63) is 23.6 Å². The molecule has 114 valence electrons. The molecule has 3 N–H and O–H groups in total. The number of carbonyl (C=O) groups is 1. The van der Waals surface area contributed by atoms with E-state index in [0.717, 1.165) is 11.5 Å². The van der Waals surface area contributed by atoms with Gasteiger partial charge < -0.3 is 10.6 Å². The van der Waals surface area contributed by atoms with Crippen molar-refractivity contribution in [3.63, 3.8) is 0 Å². The van der Waals surface area contributed by atoms with Crippen molar-refractivity contribution in [3.8, 4) is 0 Å². The molecule has 0 atom stereocenters. The Labute approximate surface area is 129 Å². The van der Waals surface area contributed by atoms with Gasteiger partial charge in [0.05, 0.1) is 0 Å². The smallest absolute Gasteiger partial charge is 0.321 e. The number of hydrogen-bond donors (Lipinski definition) is 3. The molecule has 3 aromatic rings. The van der Waals surface area contributed by atoms with Gasteiger partial charge in [-0.3, -0.25) is 5.32 Å². The van der Waals surface area contributed by atoms with Crippen molar-refractivity contribution in [2.45, 2.75) is 6.92 Å². The van der Waals surface area contributed by atoms with Crippen molar-refractivity contribution >= 4 is 34.1 Å². The zero-order valence-corrected chi connectivity index (χ0v) is 12.5. The Morgan fingerprint density at radius 2 is 2.32 bits per heavy atom. The van der Waals surface area contributed by atoms with E-state index in [0.29, 0.717) is 24.0 Å². The summed E-state index contributed by atoms with van der Waals surface area (Å²) in [6.45, 7) is 2.85. The summed E-state index contributed by atoms with van der Waals surface area (Å²) >= 11 is 1.26. The first-order valence-electron chi connectivity index (χ1n) is 6.44. The van der Waals surface area contributed by atoms with E-state index >= 15 is 0 Å². The first-order chi connectivity index (χ1) is 10.7. The van der Waals surface area contributed by atoms with Crippen LogP contribution in [0.5, 0.6) is 0 Å². The topological polar surface area (TPSA) is 122 Å². The molecule has 0 saturated heterocycles. The van der Waals surface area contributed by atoms with Crippen LogP contribution in [0.15, 0.2) is 17.9 Å². The molecular formula is C11H13N9OS. The van der Waals surface area contributed by atoms with Crippen LogP contribution in [0, 0.1) is 6.92 Å². The van der Waals surface area contributed by atoms with Crippen LogP contribution in [-0.2, 0) is 0 Å². The minimum atomic E-state index is -0.324. The maximum atomic E-state index is 11.6. The average molecular weight is 319 g/mol. The number of nitrogens with one attached hydrogen (secondary N) is 3. The summed E-state index contributed by atoms with van der Waals surface area (Å²) in [6, 6.07) is 1.54. The van der Waals surface area contributed by atoms with E-state index in [1.165, 1.54) is 17.7 Å². The second-order valence-corrected chi connectivity index (χ2v) is 5.14. The van der Waals surface area contributed by atoms with E-state index in [-0.39, 0.29) is 6.03 Å². The second kappa shape index (κ2) is 6.30. The summed E-state index contributed by atoms with van der Waals surface area (Å²) in [5.41, 5.74) is 2.39. The van der Waals surface area contributed by atoms with Gasteiger partial charge in [0.25, 0.3) is 5.78 Å². The summed E-state index contributed by atoms with van der Waals surface area (Å²) in [5, 5.41) is 20.4.